The van der Waals surface area contributed by atoms with Crippen molar-refractivity contribution < 1.29 is 9.53 Å². The molecule has 1 spiro atoms. The summed E-state index contributed by atoms with van der Waals surface area (Å²) in [5.41, 5.74) is 4.87. The Morgan fingerprint density at radius 3 is 2.57 bits per heavy atom. The Morgan fingerprint density at radius 1 is 1.30 bits per heavy atom. The van der Waals surface area contributed by atoms with Crippen molar-refractivity contribution in [1.82, 2.24) is 9.88 Å². The summed E-state index contributed by atoms with van der Waals surface area (Å²) in [6.07, 6.45) is 1.75. The first-order valence-corrected chi connectivity index (χ1v) is 11.4. The zero-order valence-electron chi connectivity index (χ0n) is 14.2. The van der Waals surface area contributed by atoms with Gasteiger partial charge in [-0.25, -0.2) is 4.98 Å². The van der Waals surface area contributed by atoms with Gasteiger partial charge in [0.1, 0.15) is 13.8 Å². The Bertz CT molecular complexity index is 666. The molecule has 3 heterocycles. The lowest BCUT2D eigenvalue weighted by atomic mass is 9.92. The van der Waals surface area contributed by atoms with Gasteiger partial charge in [-0.3, -0.25) is 9.69 Å². The molecule has 0 N–H and O–H groups in total. The van der Waals surface area contributed by atoms with Gasteiger partial charge in [0.2, 0.25) is 5.91 Å². The molecule has 3 rings (SSSR count). The van der Waals surface area contributed by atoms with Crippen LogP contribution < -0.4 is 4.90 Å². The summed E-state index contributed by atoms with van der Waals surface area (Å²) in [5.74, 6) is 3.24. The number of anilines is 1. The van der Waals surface area contributed by atoms with E-state index in [1.807, 2.05) is 24.1 Å². The Kier molecular flexibility index (Phi) is 4.04. The van der Waals surface area contributed by atoms with Gasteiger partial charge in [0.05, 0.1) is 37.2 Å². The number of ether oxygens (including phenoxy) is 1. The fourth-order valence-corrected chi connectivity index (χ4v) is 3.22. The third-order valence-corrected chi connectivity index (χ3v) is 5.18. The van der Waals surface area contributed by atoms with Gasteiger partial charge >= 0.3 is 0 Å². The van der Waals surface area contributed by atoms with Crippen LogP contribution in [0.2, 0.25) is 19.6 Å². The summed E-state index contributed by atoms with van der Waals surface area (Å²) in [6, 6.07) is 3.84. The third-order valence-electron chi connectivity index (χ3n) is 4.30. The minimum atomic E-state index is -1.41. The van der Waals surface area contributed by atoms with Crippen LogP contribution in [0, 0.1) is 11.5 Å². The van der Waals surface area contributed by atoms with E-state index < -0.39 is 8.07 Å². The summed E-state index contributed by atoms with van der Waals surface area (Å²) in [7, 11) is 0.585. The Morgan fingerprint density at radius 2 is 2.04 bits per heavy atom. The van der Waals surface area contributed by atoms with Crippen LogP contribution in [0.15, 0.2) is 18.3 Å². The average Bonchev–Trinajstić information content (AvgIpc) is 2.44. The molecule has 0 radical (unpaired) electrons. The Labute approximate surface area is 138 Å². The Balaban J connectivity index is 1.78. The highest BCUT2D eigenvalue weighted by Gasteiger charge is 2.48. The second-order valence-electron chi connectivity index (χ2n) is 7.45. The summed E-state index contributed by atoms with van der Waals surface area (Å²) in [6.45, 7) is 9.05. The highest BCUT2D eigenvalue weighted by molar-refractivity contribution is 6.83. The second-order valence-corrected chi connectivity index (χ2v) is 12.2. The number of carbonyl (C=O) groups excluding carboxylic acids is 1. The Hall–Kier alpha value is -1.68. The predicted octanol–water partition coefficient (Wildman–Crippen LogP) is 1.36. The summed E-state index contributed by atoms with van der Waals surface area (Å²) < 4.78 is 5.38. The molecular weight excluding hydrogens is 306 g/mol. The van der Waals surface area contributed by atoms with Crippen LogP contribution >= 0.6 is 0 Å². The van der Waals surface area contributed by atoms with E-state index >= 15 is 0 Å². The maximum Gasteiger partial charge on any atom is 0.241 e. The van der Waals surface area contributed by atoms with Crippen LogP contribution in [0.25, 0.3) is 0 Å². The number of rotatable bonds is 1. The molecule has 0 aromatic carbocycles. The van der Waals surface area contributed by atoms with Gasteiger partial charge in [-0.15, -0.1) is 5.54 Å². The number of hydrogen-bond acceptors (Lipinski definition) is 4. The van der Waals surface area contributed by atoms with E-state index in [1.54, 1.807) is 6.20 Å². The van der Waals surface area contributed by atoms with E-state index in [0.29, 0.717) is 26.3 Å². The standard InChI is InChI=1S/C17H23N3O2Si/c1-19-10-16(21)20(11-17(19)12-22-13-17)15-6-5-14(18-9-15)7-8-23(2,3)4/h5-6,9H,10-13H2,1-4H3. The zero-order chi connectivity index (χ0) is 16.7. The lowest BCUT2D eigenvalue weighted by Crippen LogP contribution is -2.71. The maximum atomic E-state index is 12.4. The topological polar surface area (TPSA) is 45.7 Å². The average molecular weight is 329 g/mol. The molecule has 0 unspecified atom stereocenters. The van der Waals surface area contributed by atoms with E-state index in [0.717, 1.165) is 11.4 Å². The van der Waals surface area contributed by atoms with Crippen molar-refractivity contribution in [2.45, 2.75) is 25.2 Å². The summed E-state index contributed by atoms with van der Waals surface area (Å²) >= 11 is 0. The van der Waals surface area contributed by atoms with Gasteiger partial charge in [0, 0.05) is 6.54 Å². The SMILES string of the molecule is CN1CC(=O)N(c2ccc(C#C[Si](C)(C)C)nc2)CC12COC2. The number of piperazine rings is 1. The van der Waals surface area contributed by atoms with Crippen molar-refractivity contribution in [2.24, 2.45) is 0 Å². The number of nitrogens with zero attached hydrogens (tertiary/aromatic N) is 3. The van der Waals surface area contributed by atoms with Crippen molar-refractivity contribution in [2.75, 3.05) is 38.3 Å². The lowest BCUT2D eigenvalue weighted by Gasteiger charge is -2.53. The van der Waals surface area contributed by atoms with E-state index in [-0.39, 0.29) is 11.4 Å². The first-order valence-electron chi connectivity index (χ1n) is 7.88. The van der Waals surface area contributed by atoms with E-state index in [4.69, 9.17) is 4.74 Å². The molecule has 0 atom stereocenters. The monoisotopic (exact) mass is 329 g/mol. The van der Waals surface area contributed by atoms with Crippen LogP contribution in [0.3, 0.4) is 0 Å². The summed E-state index contributed by atoms with van der Waals surface area (Å²) in [4.78, 5) is 20.7. The van der Waals surface area contributed by atoms with Crippen molar-refractivity contribution in [3.8, 4) is 11.5 Å². The zero-order valence-corrected chi connectivity index (χ0v) is 15.2. The number of aromatic nitrogens is 1. The fraction of sp³-hybridized carbons (Fsp3) is 0.529. The van der Waals surface area contributed by atoms with Gasteiger partial charge in [0.15, 0.2) is 0 Å². The minimum absolute atomic E-state index is 0.0375. The smallest absolute Gasteiger partial charge is 0.241 e. The molecule has 1 amide bonds. The second kappa shape index (κ2) is 5.75. The van der Waals surface area contributed by atoms with Gasteiger partial charge in [0.25, 0.3) is 0 Å². The third kappa shape index (κ3) is 3.32. The number of likely N-dealkylation sites (N-methyl/N-ethyl adjacent to an activating group) is 1. The molecule has 2 aliphatic rings. The van der Waals surface area contributed by atoms with Gasteiger partial charge in [-0.2, -0.15) is 0 Å². The lowest BCUT2D eigenvalue weighted by molar-refractivity contribution is -0.151. The molecule has 2 fully saturated rings. The van der Waals surface area contributed by atoms with Gasteiger partial charge in [-0.05, 0) is 19.2 Å². The summed E-state index contributed by atoms with van der Waals surface area (Å²) in [5, 5.41) is 0. The van der Waals surface area contributed by atoms with Gasteiger partial charge < -0.3 is 9.64 Å². The molecule has 23 heavy (non-hydrogen) atoms. The van der Waals surface area contributed by atoms with Crippen molar-refractivity contribution in [3.05, 3.63) is 24.0 Å². The van der Waals surface area contributed by atoms with Crippen LogP contribution in [0.1, 0.15) is 5.69 Å². The molecule has 6 heteroatoms. The molecule has 2 aliphatic heterocycles. The molecule has 2 saturated heterocycles. The highest BCUT2D eigenvalue weighted by atomic mass is 28.3. The van der Waals surface area contributed by atoms with Crippen LogP contribution in [-0.4, -0.2) is 62.8 Å². The minimum Gasteiger partial charge on any atom is -0.377 e. The molecule has 1 aromatic heterocycles. The molecule has 0 aliphatic carbocycles. The molecule has 0 bridgehead atoms. The quantitative estimate of drug-likeness (QED) is 0.576. The van der Waals surface area contributed by atoms with Crippen molar-refractivity contribution in [3.63, 3.8) is 0 Å². The molecule has 0 saturated carbocycles. The predicted molar refractivity (Wildman–Crippen MR) is 93.0 cm³/mol. The highest BCUT2D eigenvalue weighted by Crippen LogP contribution is 2.31. The maximum absolute atomic E-state index is 12.4. The fourth-order valence-electron chi connectivity index (χ4n) is 2.71. The normalized spacial score (nSPS) is 20.9. The van der Waals surface area contributed by atoms with Gasteiger partial charge in [-0.1, -0.05) is 25.6 Å². The first kappa shape index (κ1) is 16.2. The molecule has 1 aromatic rings. The van der Waals surface area contributed by atoms with E-state index in [2.05, 4.69) is 41.0 Å². The van der Waals surface area contributed by atoms with Crippen LogP contribution in [0.4, 0.5) is 5.69 Å². The number of hydrogen-bond donors (Lipinski definition) is 0. The molecule has 5 nitrogen and oxygen atoms in total. The first-order chi connectivity index (χ1) is 10.8. The number of amides is 1. The van der Waals surface area contributed by atoms with Crippen molar-refractivity contribution >= 4 is 19.7 Å². The van der Waals surface area contributed by atoms with Crippen molar-refractivity contribution in [1.29, 1.82) is 0 Å². The van der Waals surface area contributed by atoms with E-state index in [1.165, 1.54) is 0 Å². The number of carbonyl (C=O) groups is 1. The molecular formula is C17H23N3O2Si. The number of pyridine rings is 1. The van der Waals surface area contributed by atoms with Crippen LogP contribution in [0.5, 0.6) is 0 Å². The van der Waals surface area contributed by atoms with Crippen LogP contribution in [-0.2, 0) is 9.53 Å². The van der Waals surface area contributed by atoms with E-state index in [9.17, 15) is 4.79 Å². The molecule has 122 valence electrons. The largest absolute Gasteiger partial charge is 0.377 e.